The van der Waals surface area contributed by atoms with Crippen LogP contribution in [0.1, 0.15) is 36.0 Å². The average molecular weight is 325 g/mol. The van der Waals surface area contributed by atoms with Gasteiger partial charge < -0.3 is 10.6 Å². The second kappa shape index (κ2) is 6.53. The Hall–Kier alpha value is -0.870. The van der Waals surface area contributed by atoms with Crippen molar-refractivity contribution in [2.24, 2.45) is 11.7 Å². The van der Waals surface area contributed by atoms with Crippen molar-refractivity contribution in [1.29, 1.82) is 0 Å². The lowest BCUT2D eigenvalue weighted by molar-refractivity contribution is 0.0620. The molecular formula is C15H21BrN2O. The molecule has 19 heavy (non-hydrogen) atoms. The van der Waals surface area contributed by atoms with Crippen LogP contribution in [0.4, 0.5) is 0 Å². The molecule has 1 aromatic rings. The van der Waals surface area contributed by atoms with E-state index in [9.17, 15) is 4.79 Å². The number of benzene rings is 1. The van der Waals surface area contributed by atoms with Crippen LogP contribution >= 0.6 is 15.9 Å². The summed E-state index contributed by atoms with van der Waals surface area (Å²) in [5.41, 5.74) is 6.58. The Morgan fingerprint density at radius 1 is 1.42 bits per heavy atom. The van der Waals surface area contributed by atoms with Crippen molar-refractivity contribution in [3.8, 4) is 0 Å². The van der Waals surface area contributed by atoms with E-state index >= 15 is 0 Å². The predicted molar refractivity (Wildman–Crippen MR) is 81.0 cm³/mol. The van der Waals surface area contributed by atoms with Gasteiger partial charge in [0.1, 0.15) is 0 Å². The standard InChI is InChI=1S/C15H21BrN2O/c1-18(14-8-3-2-5-12(14)10-17)15(19)11-6-4-7-13(16)9-11/h4,6-7,9,12,14H,2-3,5,8,10,17H2,1H3. The van der Waals surface area contributed by atoms with Gasteiger partial charge >= 0.3 is 0 Å². The number of nitrogens with zero attached hydrogens (tertiary/aromatic N) is 1. The summed E-state index contributed by atoms with van der Waals surface area (Å²) >= 11 is 3.41. The Bertz CT molecular complexity index is 450. The molecule has 1 fully saturated rings. The minimum absolute atomic E-state index is 0.0895. The van der Waals surface area contributed by atoms with Crippen molar-refractivity contribution in [2.75, 3.05) is 13.6 Å². The highest BCUT2D eigenvalue weighted by atomic mass is 79.9. The van der Waals surface area contributed by atoms with Crippen molar-refractivity contribution in [1.82, 2.24) is 4.90 Å². The summed E-state index contributed by atoms with van der Waals surface area (Å²) in [5, 5.41) is 0. The first kappa shape index (κ1) is 14.5. The Kier molecular flexibility index (Phi) is 4.99. The number of nitrogens with two attached hydrogens (primary N) is 1. The summed E-state index contributed by atoms with van der Waals surface area (Å²) in [6.45, 7) is 0.667. The van der Waals surface area contributed by atoms with Crippen LogP contribution in [0.3, 0.4) is 0 Å². The van der Waals surface area contributed by atoms with E-state index in [0.717, 1.165) is 22.9 Å². The molecule has 0 heterocycles. The van der Waals surface area contributed by atoms with Gasteiger partial charge in [0.05, 0.1) is 0 Å². The molecule has 1 amide bonds. The van der Waals surface area contributed by atoms with Crippen LogP contribution in [0.5, 0.6) is 0 Å². The highest BCUT2D eigenvalue weighted by molar-refractivity contribution is 9.10. The number of carbonyl (C=O) groups is 1. The first-order valence-electron chi connectivity index (χ1n) is 6.86. The van der Waals surface area contributed by atoms with E-state index < -0.39 is 0 Å². The van der Waals surface area contributed by atoms with E-state index in [4.69, 9.17) is 5.73 Å². The maximum absolute atomic E-state index is 12.5. The van der Waals surface area contributed by atoms with Gasteiger partial charge in [-0.05, 0) is 43.5 Å². The zero-order valence-electron chi connectivity index (χ0n) is 11.3. The zero-order valence-corrected chi connectivity index (χ0v) is 12.9. The fraction of sp³-hybridized carbons (Fsp3) is 0.533. The number of amides is 1. The maximum atomic E-state index is 12.5. The molecule has 4 heteroatoms. The summed E-state index contributed by atoms with van der Waals surface area (Å²) in [6, 6.07) is 7.85. The smallest absolute Gasteiger partial charge is 0.253 e. The van der Waals surface area contributed by atoms with Crippen molar-refractivity contribution >= 4 is 21.8 Å². The summed E-state index contributed by atoms with van der Waals surface area (Å²) in [7, 11) is 1.90. The van der Waals surface area contributed by atoms with Gasteiger partial charge in [-0.3, -0.25) is 4.79 Å². The summed E-state index contributed by atoms with van der Waals surface area (Å²) < 4.78 is 0.936. The number of hydrogen-bond acceptors (Lipinski definition) is 2. The Balaban J connectivity index is 2.13. The van der Waals surface area contributed by atoms with E-state index in [2.05, 4.69) is 15.9 Å². The maximum Gasteiger partial charge on any atom is 0.253 e. The zero-order chi connectivity index (χ0) is 13.8. The van der Waals surface area contributed by atoms with Crippen LogP contribution in [0, 0.1) is 5.92 Å². The lowest BCUT2D eigenvalue weighted by atomic mass is 9.83. The largest absolute Gasteiger partial charge is 0.338 e. The monoisotopic (exact) mass is 324 g/mol. The van der Waals surface area contributed by atoms with Crippen LogP contribution in [0.15, 0.2) is 28.7 Å². The molecule has 1 aliphatic carbocycles. The van der Waals surface area contributed by atoms with E-state index in [-0.39, 0.29) is 11.9 Å². The molecule has 2 atom stereocenters. The number of hydrogen-bond donors (Lipinski definition) is 1. The average Bonchev–Trinajstić information content (AvgIpc) is 2.45. The third-order valence-corrected chi connectivity index (χ3v) is 4.55. The van der Waals surface area contributed by atoms with Gasteiger partial charge in [0, 0.05) is 23.1 Å². The van der Waals surface area contributed by atoms with Crippen LogP contribution in [0.2, 0.25) is 0 Å². The topological polar surface area (TPSA) is 46.3 Å². The van der Waals surface area contributed by atoms with Gasteiger partial charge in [-0.25, -0.2) is 0 Å². The predicted octanol–water partition coefficient (Wildman–Crippen LogP) is 3.04. The van der Waals surface area contributed by atoms with Crippen molar-refractivity contribution < 1.29 is 4.79 Å². The van der Waals surface area contributed by atoms with Crippen LogP contribution in [0.25, 0.3) is 0 Å². The van der Waals surface area contributed by atoms with Gasteiger partial charge in [-0.15, -0.1) is 0 Å². The number of halogens is 1. The lowest BCUT2D eigenvalue weighted by Gasteiger charge is -2.37. The fourth-order valence-corrected chi connectivity index (χ4v) is 3.35. The normalized spacial score (nSPS) is 23.1. The lowest BCUT2D eigenvalue weighted by Crippen LogP contribution is -2.45. The van der Waals surface area contributed by atoms with Gasteiger partial charge in [-0.1, -0.05) is 34.8 Å². The molecule has 3 nitrogen and oxygen atoms in total. The third kappa shape index (κ3) is 3.37. The van der Waals surface area contributed by atoms with Crippen LogP contribution < -0.4 is 5.73 Å². The number of rotatable bonds is 3. The molecule has 2 unspecified atom stereocenters. The van der Waals surface area contributed by atoms with Crippen molar-refractivity contribution in [3.63, 3.8) is 0 Å². The fourth-order valence-electron chi connectivity index (χ4n) is 2.95. The molecule has 2 N–H and O–H groups in total. The number of carbonyl (C=O) groups excluding carboxylic acids is 1. The molecular weight excluding hydrogens is 304 g/mol. The third-order valence-electron chi connectivity index (χ3n) is 4.06. The van der Waals surface area contributed by atoms with Crippen LogP contribution in [-0.4, -0.2) is 30.4 Å². The van der Waals surface area contributed by atoms with E-state index in [1.165, 1.54) is 12.8 Å². The van der Waals surface area contributed by atoms with Gasteiger partial charge in [0.25, 0.3) is 5.91 Å². The van der Waals surface area contributed by atoms with Crippen LogP contribution in [-0.2, 0) is 0 Å². The molecule has 2 rings (SSSR count). The Morgan fingerprint density at radius 3 is 2.84 bits per heavy atom. The molecule has 0 radical (unpaired) electrons. The van der Waals surface area contributed by atoms with E-state index in [1.54, 1.807) is 0 Å². The first-order valence-corrected chi connectivity index (χ1v) is 7.65. The Labute approximate surface area is 123 Å². The molecule has 1 aromatic carbocycles. The molecule has 0 spiro atoms. The molecule has 0 bridgehead atoms. The second-order valence-corrected chi connectivity index (χ2v) is 6.19. The minimum Gasteiger partial charge on any atom is -0.338 e. The minimum atomic E-state index is 0.0895. The van der Waals surface area contributed by atoms with Gasteiger partial charge in [0.2, 0.25) is 0 Å². The Morgan fingerprint density at radius 2 is 2.16 bits per heavy atom. The van der Waals surface area contributed by atoms with Gasteiger partial charge in [-0.2, -0.15) is 0 Å². The van der Waals surface area contributed by atoms with Crippen molar-refractivity contribution in [2.45, 2.75) is 31.7 Å². The molecule has 104 valence electrons. The highest BCUT2D eigenvalue weighted by Gasteiger charge is 2.30. The molecule has 1 aliphatic rings. The van der Waals surface area contributed by atoms with Crippen molar-refractivity contribution in [3.05, 3.63) is 34.3 Å². The van der Waals surface area contributed by atoms with E-state index in [0.29, 0.717) is 12.5 Å². The molecule has 0 aromatic heterocycles. The second-order valence-electron chi connectivity index (χ2n) is 5.27. The highest BCUT2D eigenvalue weighted by Crippen LogP contribution is 2.28. The molecule has 0 aliphatic heterocycles. The van der Waals surface area contributed by atoms with Gasteiger partial charge in [0.15, 0.2) is 0 Å². The quantitative estimate of drug-likeness (QED) is 0.928. The van der Waals surface area contributed by atoms with E-state index in [1.807, 2.05) is 36.2 Å². The summed E-state index contributed by atoms with van der Waals surface area (Å²) in [6.07, 6.45) is 4.63. The summed E-state index contributed by atoms with van der Waals surface area (Å²) in [4.78, 5) is 14.4. The molecule has 1 saturated carbocycles. The molecule has 0 saturated heterocycles. The summed E-state index contributed by atoms with van der Waals surface area (Å²) in [5.74, 6) is 0.529. The first-order chi connectivity index (χ1) is 9.13. The SMILES string of the molecule is CN(C(=O)c1cccc(Br)c1)C1CCCCC1CN.